The Morgan fingerprint density at radius 3 is 2.84 bits per heavy atom. The third kappa shape index (κ3) is 2.75. The lowest BCUT2D eigenvalue weighted by atomic mass is 9.84. The molecule has 1 aromatic rings. The van der Waals surface area contributed by atoms with Crippen LogP contribution in [0.25, 0.3) is 0 Å². The largest absolute Gasteiger partial charge is 0.299 e. The summed E-state index contributed by atoms with van der Waals surface area (Å²) in [5.41, 5.74) is 0.932. The number of rotatable bonds is 5. The number of ketones is 1. The van der Waals surface area contributed by atoms with Crippen LogP contribution in [-0.2, 0) is 11.2 Å². The van der Waals surface area contributed by atoms with Crippen molar-refractivity contribution in [2.24, 2.45) is 17.8 Å². The Balaban J connectivity index is 1.53. The first-order valence-corrected chi connectivity index (χ1v) is 7.67. The summed E-state index contributed by atoms with van der Waals surface area (Å²) in [6.45, 7) is 4.21. The molecule has 0 aliphatic heterocycles. The van der Waals surface area contributed by atoms with Crippen molar-refractivity contribution in [1.29, 1.82) is 0 Å². The van der Waals surface area contributed by atoms with Gasteiger partial charge >= 0.3 is 0 Å². The Hall–Kier alpha value is -1.12. The Kier molecular flexibility index (Phi) is 3.46. The molecule has 0 N–H and O–H groups in total. The van der Waals surface area contributed by atoms with Crippen LogP contribution in [0.15, 0.2) is 12.3 Å². The van der Waals surface area contributed by atoms with E-state index in [1.807, 2.05) is 16.9 Å². The van der Waals surface area contributed by atoms with Gasteiger partial charge < -0.3 is 0 Å². The summed E-state index contributed by atoms with van der Waals surface area (Å²) < 4.78 is 1.93. The van der Waals surface area contributed by atoms with Gasteiger partial charge in [0, 0.05) is 18.7 Å². The standard InChI is InChI=1S/C16H24N2O/c1-11(2)18-6-5-15(17-18)10-16(19)9-14-8-12-3-4-13(14)7-12/h5-6,11-14H,3-4,7-10H2,1-2H3. The van der Waals surface area contributed by atoms with Crippen molar-refractivity contribution in [3.05, 3.63) is 18.0 Å². The summed E-state index contributed by atoms with van der Waals surface area (Å²) in [6.07, 6.45) is 8.75. The smallest absolute Gasteiger partial charge is 0.139 e. The van der Waals surface area contributed by atoms with Crippen LogP contribution in [0.5, 0.6) is 0 Å². The lowest BCUT2D eigenvalue weighted by Crippen LogP contribution is -2.16. The van der Waals surface area contributed by atoms with Crippen molar-refractivity contribution in [2.45, 2.75) is 58.4 Å². The van der Waals surface area contributed by atoms with Gasteiger partial charge in [0.15, 0.2) is 0 Å². The van der Waals surface area contributed by atoms with Gasteiger partial charge in [-0.1, -0.05) is 6.42 Å². The molecular formula is C16H24N2O. The molecule has 1 aromatic heterocycles. The van der Waals surface area contributed by atoms with Crippen LogP contribution in [-0.4, -0.2) is 15.6 Å². The zero-order chi connectivity index (χ0) is 13.4. The van der Waals surface area contributed by atoms with E-state index in [1.165, 1.54) is 25.7 Å². The maximum atomic E-state index is 12.2. The molecule has 1 heterocycles. The third-order valence-electron chi connectivity index (χ3n) is 4.95. The zero-order valence-corrected chi connectivity index (χ0v) is 12.0. The average molecular weight is 260 g/mol. The second-order valence-electron chi connectivity index (χ2n) is 6.74. The number of carbonyl (C=O) groups excluding carboxylic acids is 1. The third-order valence-corrected chi connectivity index (χ3v) is 4.95. The second-order valence-corrected chi connectivity index (χ2v) is 6.74. The van der Waals surface area contributed by atoms with E-state index in [1.54, 1.807) is 0 Å². The molecule has 3 nitrogen and oxygen atoms in total. The van der Waals surface area contributed by atoms with E-state index in [4.69, 9.17) is 0 Å². The number of carbonyl (C=O) groups is 1. The topological polar surface area (TPSA) is 34.9 Å². The first-order valence-electron chi connectivity index (χ1n) is 7.67. The van der Waals surface area contributed by atoms with Gasteiger partial charge in [0.25, 0.3) is 0 Å². The summed E-state index contributed by atoms with van der Waals surface area (Å²) in [6, 6.07) is 2.35. The van der Waals surface area contributed by atoms with Gasteiger partial charge in [-0.3, -0.25) is 9.48 Å². The number of aromatic nitrogens is 2. The lowest BCUT2D eigenvalue weighted by Gasteiger charge is -2.20. The predicted molar refractivity (Wildman–Crippen MR) is 74.9 cm³/mol. The van der Waals surface area contributed by atoms with E-state index in [0.717, 1.165) is 24.0 Å². The molecule has 3 heteroatoms. The number of hydrogen-bond donors (Lipinski definition) is 0. The highest BCUT2D eigenvalue weighted by atomic mass is 16.1. The number of Topliss-reactive ketones (excluding diaryl/α,β-unsaturated/α-hetero) is 1. The molecule has 2 aliphatic rings. The molecule has 3 atom stereocenters. The van der Waals surface area contributed by atoms with Gasteiger partial charge in [-0.25, -0.2) is 0 Å². The fourth-order valence-electron chi connectivity index (χ4n) is 3.95. The molecule has 3 rings (SSSR count). The molecule has 0 aromatic carbocycles. The zero-order valence-electron chi connectivity index (χ0n) is 12.0. The van der Waals surface area contributed by atoms with Crippen molar-refractivity contribution >= 4 is 5.78 Å². The van der Waals surface area contributed by atoms with Gasteiger partial charge in [-0.15, -0.1) is 0 Å². The monoisotopic (exact) mass is 260 g/mol. The van der Waals surface area contributed by atoms with Gasteiger partial charge in [-0.05, 0) is 56.9 Å². The van der Waals surface area contributed by atoms with Crippen molar-refractivity contribution in [3.8, 4) is 0 Å². The van der Waals surface area contributed by atoms with E-state index in [0.29, 0.717) is 24.2 Å². The van der Waals surface area contributed by atoms with Crippen LogP contribution in [0, 0.1) is 17.8 Å². The molecule has 2 aliphatic carbocycles. The van der Waals surface area contributed by atoms with Crippen molar-refractivity contribution in [2.75, 3.05) is 0 Å². The molecule has 0 spiro atoms. The molecule has 2 bridgehead atoms. The van der Waals surface area contributed by atoms with Crippen LogP contribution in [0.2, 0.25) is 0 Å². The predicted octanol–water partition coefficient (Wildman–Crippen LogP) is 3.40. The van der Waals surface area contributed by atoms with Gasteiger partial charge in [-0.2, -0.15) is 5.10 Å². The first-order chi connectivity index (χ1) is 9.11. The Morgan fingerprint density at radius 1 is 1.42 bits per heavy atom. The molecule has 3 unspecified atom stereocenters. The summed E-state index contributed by atoms with van der Waals surface area (Å²) >= 11 is 0. The van der Waals surface area contributed by atoms with Crippen LogP contribution in [0.4, 0.5) is 0 Å². The van der Waals surface area contributed by atoms with Crippen molar-refractivity contribution in [3.63, 3.8) is 0 Å². The highest BCUT2D eigenvalue weighted by Gasteiger charge is 2.39. The lowest BCUT2D eigenvalue weighted by molar-refractivity contribution is -0.119. The summed E-state index contributed by atoms with van der Waals surface area (Å²) in [4.78, 5) is 12.2. The van der Waals surface area contributed by atoms with E-state index < -0.39 is 0 Å². The SMILES string of the molecule is CC(C)n1ccc(CC(=O)CC2CC3CCC2C3)n1. The highest BCUT2D eigenvalue weighted by molar-refractivity contribution is 5.80. The normalized spacial score (nSPS) is 29.3. The first kappa shape index (κ1) is 12.9. The van der Waals surface area contributed by atoms with Gasteiger partial charge in [0.05, 0.1) is 12.1 Å². The minimum absolute atomic E-state index is 0.370. The average Bonchev–Trinajstić information content (AvgIpc) is 3.03. The van der Waals surface area contributed by atoms with Crippen LogP contribution in [0.1, 0.15) is 57.7 Å². The van der Waals surface area contributed by atoms with E-state index in [-0.39, 0.29) is 0 Å². The van der Waals surface area contributed by atoms with Crippen molar-refractivity contribution < 1.29 is 4.79 Å². The van der Waals surface area contributed by atoms with Gasteiger partial charge in [0.2, 0.25) is 0 Å². The van der Waals surface area contributed by atoms with Crippen LogP contribution < -0.4 is 0 Å². The Labute approximate surface area is 115 Å². The van der Waals surface area contributed by atoms with E-state index >= 15 is 0 Å². The van der Waals surface area contributed by atoms with E-state index in [2.05, 4.69) is 18.9 Å². The molecule has 0 saturated heterocycles. The maximum Gasteiger partial charge on any atom is 0.139 e. The minimum Gasteiger partial charge on any atom is -0.299 e. The quantitative estimate of drug-likeness (QED) is 0.813. The number of nitrogens with zero attached hydrogens (tertiary/aromatic N) is 2. The molecule has 2 fully saturated rings. The summed E-state index contributed by atoms with van der Waals surface area (Å²) in [5, 5.41) is 4.47. The van der Waals surface area contributed by atoms with Crippen molar-refractivity contribution in [1.82, 2.24) is 9.78 Å². The molecular weight excluding hydrogens is 236 g/mol. The molecule has 19 heavy (non-hydrogen) atoms. The number of hydrogen-bond acceptors (Lipinski definition) is 2. The Bertz CT molecular complexity index is 463. The second kappa shape index (κ2) is 5.10. The number of fused-ring (bicyclic) bond motifs is 2. The molecule has 0 radical (unpaired) electrons. The summed E-state index contributed by atoms with van der Waals surface area (Å²) in [7, 11) is 0. The van der Waals surface area contributed by atoms with Crippen LogP contribution in [0.3, 0.4) is 0 Å². The molecule has 0 amide bonds. The highest BCUT2D eigenvalue weighted by Crippen LogP contribution is 2.49. The molecule has 104 valence electrons. The fraction of sp³-hybridized carbons (Fsp3) is 0.750. The summed E-state index contributed by atoms with van der Waals surface area (Å²) in [5.74, 6) is 2.84. The van der Waals surface area contributed by atoms with Crippen LogP contribution >= 0.6 is 0 Å². The molecule has 2 saturated carbocycles. The Morgan fingerprint density at radius 2 is 2.26 bits per heavy atom. The maximum absolute atomic E-state index is 12.2. The fourth-order valence-corrected chi connectivity index (χ4v) is 3.95. The minimum atomic E-state index is 0.370. The van der Waals surface area contributed by atoms with E-state index in [9.17, 15) is 4.79 Å². The van der Waals surface area contributed by atoms with Gasteiger partial charge in [0.1, 0.15) is 5.78 Å².